The van der Waals surface area contributed by atoms with Crippen LogP contribution in [0.5, 0.6) is 5.75 Å². The van der Waals surface area contributed by atoms with E-state index < -0.39 is 17.5 Å². The van der Waals surface area contributed by atoms with Gasteiger partial charge in [-0.15, -0.1) is 0 Å². The van der Waals surface area contributed by atoms with Crippen molar-refractivity contribution < 1.29 is 17.9 Å². The van der Waals surface area contributed by atoms with Gasteiger partial charge in [-0.25, -0.2) is 0 Å². The predicted octanol–water partition coefficient (Wildman–Crippen LogP) is 2.71. The lowest BCUT2D eigenvalue weighted by Gasteiger charge is -2.32. The van der Waals surface area contributed by atoms with Gasteiger partial charge in [-0.1, -0.05) is 0 Å². The van der Waals surface area contributed by atoms with E-state index in [4.69, 9.17) is 10.5 Å². The van der Waals surface area contributed by atoms with Crippen molar-refractivity contribution in [2.45, 2.75) is 31.7 Å². The fourth-order valence-electron chi connectivity index (χ4n) is 1.74. The number of alkyl halides is 3. The Morgan fingerprint density at radius 3 is 2.69 bits per heavy atom. The summed E-state index contributed by atoms with van der Waals surface area (Å²) >= 11 is 0. The number of ether oxygens (including phenoxy) is 1. The third-order valence-corrected chi connectivity index (χ3v) is 2.62. The lowest BCUT2D eigenvalue weighted by molar-refractivity contribution is -0.137. The second kappa shape index (κ2) is 3.38. The van der Waals surface area contributed by atoms with Crippen molar-refractivity contribution in [3.05, 3.63) is 29.3 Å². The zero-order valence-electron chi connectivity index (χ0n) is 8.77. The summed E-state index contributed by atoms with van der Waals surface area (Å²) in [7, 11) is 0. The molecule has 1 aromatic carbocycles. The number of aryl methyl sites for hydroxylation is 1. The number of rotatable bonds is 0. The predicted molar refractivity (Wildman–Crippen MR) is 53.0 cm³/mol. The lowest BCUT2D eigenvalue weighted by Crippen LogP contribution is -2.45. The second-order valence-electron chi connectivity index (χ2n) is 4.23. The Balaban J connectivity index is 2.36. The molecule has 1 aliphatic heterocycles. The molecule has 0 aromatic heterocycles. The normalized spacial score (nSPS) is 24.8. The summed E-state index contributed by atoms with van der Waals surface area (Å²) in [5, 5.41) is 0. The van der Waals surface area contributed by atoms with Crippen LogP contribution < -0.4 is 10.5 Å². The zero-order chi connectivity index (χ0) is 12.0. The Labute approximate surface area is 91.2 Å². The maximum atomic E-state index is 12.4. The Bertz CT molecular complexity index is 412. The summed E-state index contributed by atoms with van der Waals surface area (Å²) in [6.45, 7) is 1.72. The summed E-state index contributed by atoms with van der Waals surface area (Å²) in [6, 6.07) is 3.48. The van der Waals surface area contributed by atoms with E-state index in [0.29, 0.717) is 24.2 Å². The second-order valence-corrected chi connectivity index (χ2v) is 4.23. The van der Waals surface area contributed by atoms with Crippen LogP contribution in [-0.2, 0) is 12.6 Å². The van der Waals surface area contributed by atoms with Gasteiger partial charge in [-0.3, -0.25) is 5.73 Å². The van der Waals surface area contributed by atoms with Gasteiger partial charge in [-0.2, -0.15) is 13.2 Å². The molecule has 1 atom stereocenters. The van der Waals surface area contributed by atoms with Gasteiger partial charge in [0.2, 0.25) is 0 Å². The number of hydrogen-bond donors (Lipinski definition) is 1. The van der Waals surface area contributed by atoms with Crippen molar-refractivity contribution in [2.75, 3.05) is 0 Å². The molecular formula is C11H12F3NO. The average Bonchev–Trinajstić information content (AvgIpc) is 2.14. The molecule has 0 saturated heterocycles. The van der Waals surface area contributed by atoms with Crippen LogP contribution >= 0.6 is 0 Å². The highest BCUT2D eigenvalue weighted by atomic mass is 19.4. The topological polar surface area (TPSA) is 35.2 Å². The molecule has 0 bridgehead atoms. The number of halogens is 3. The highest BCUT2D eigenvalue weighted by Crippen LogP contribution is 2.36. The summed E-state index contributed by atoms with van der Waals surface area (Å²) in [5.41, 5.74) is 4.91. The molecule has 2 rings (SSSR count). The maximum absolute atomic E-state index is 12.4. The van der Waals surface area contributed by atoms with Crippen molar-refractivity contribution in [2.24, 2.45) is 5.73 Å². The summed E-state index contributed by atoms with van der Waals surface area (Å²) in [6.07, 6.45) is -3.29. The molecule has 0 radical (unpaired) electrons. The molecule has 5 heteroatoms. The highest BCUT2D eigenvalue weighted by Gasteiger charge is 2.33. The molecule has 0 fully saturated rings. The first-order chi connectivity index (χ1) is 7.28. The molecule has 1 heterocycles. The Morgan fingerprint density at radius 1 is 1.38 bits per heavy atom. The van der Waals surface area contributed by atoms with Gasteiger partial charge in [0, 0.05) is 6.42 Å². The van der Waals surface area contributed by atoms with Gasteiger partial charge in [0.05, 0.1) is 5.56 Å². The molecule has 0 spiro atoms. The van der Waals surface area contributed by atoms with E-state index >= 15 is 0 Å². The van der Waals surface area contributed by atoms with E-state index in [1.807, 2.05) is 0 Å². The summed E-state index contributed by atoms with van der Waals surface area (Å²) < 4.78 is 42.7. The Morgan fingerprint density at radius 2 is 2.06 bits per heavy atom. The minimum Gasteiger partial charge on any atom is -0.473 e. The molecule has 1 aromatic rings. The minimum atomic E-state index is -4.31. The number of benzene rings is 1. The molecule has 0 aliphatic carbocycles. The van der Waals surface area contributed by atoms with Crippen LogP contribution in [0, 0.1) is 0 Å². The van der Waals surface area contributed by atoms with E-state index in [0.717, 1.165) is 12.1 Å². The zero-order valence-corrected chi connectivity index (χ0v) is 8.77. The molecule has 2 nitrogen and oxygen atoms in total. The molecule has 1 unspecified atom stereocenters. The lowest BCUT2D eigenvalue weighted by atomic mass is 9.97. The molecular weight excluding hydrogens is 219 g/mol. The number of nitrogens with two attached hydrogens (primary N) is 1. The van der Waals surface area contributed by atoms with Crippen LogP contribution in [0.25, 0.3) is 0 Å². The van der Waals surface area contributed by atoms with Crippen LogP contribution in [-0.4, -0.2) is 5.72 Å². The van der Waals surface area contributed by atoms with Crippen molar-refractivity contribution in [1.29, 1.82) is 0 Å². The largest absolute Gasteiger partial charge is 0.473 e. The molecule has 88 valence electrons. The van der Waals surface area contributed by atoms with Crippen LogP contribution in [0.1, 0.15) is 24.5 Å². The first kappa shape index (κ1) is 11.3. The summed E-state index contributed by atoms with van der Waals surface area (Å²) in [4.78, 5) is 0. The van der Waals surface area contributed by atoms with Gasteiger partial charge in [-0.05, 0) is 37.1 Å². The monoisotopic (exact) mass is 231 g/mol. The van der Waals surface area contributed by atoms with Crippen LogP contribution in [0.4, 0.5) is 13.2 Å². The fourth-order valence-corrected chi connectivity index (χ4v) is 1.74. The van der Waals surface area contributed by atoms with E-state index in [-0.39, 0.29) is 0 Å². The van der Waals surface area contributed by atoms with Crippen LogP contribution in [0.15, 0.2) is 18.2 Å². The number of fused-ring (bicyclic) bond motifs is 1. The first-order valence-electron chi connectivity index (χ1n) is 4.96. The fraction of sp³-hybridized carbons (Fsp3) is 0.455. The van der Waals surface area contributed by atoms with E-state index in [2.05, 4.69) is 0 Å². The van der Waals surface area contributed by atoms with Gasteiger partial charge >= 0.3 is 6.18 Å². The molecule has 1 aliphatic rings. The van der Waals surface area contributed by atoms with Crippen molar-refractivity contribution in [1.82, 2.24) is 0 Å². The molecule has 0 amide bonds. The van der Waals surface area contributed by atoms with Crippen molar-refractivity contribution in [3.8, 4) is 5.75 Å². The molecule has 16 heavy (non-hydrogen) atoms. The standard InChI is InChI=1S/C11H12F3NO/c1-10(15)5-4-7-6-8(11(12,13)14)2-3-9(7)16-10/h2-3,6H,4-5,15H2,1H3. The van der Waals surface area contributed by atoms with E-state index in [1.165, 1.54) is 6.07 Å². The molecule has 2 N–H and O–H groups in total. The average molecular weight is 231 g/mol. The third kappa shape index (κ3) is 2.14. The molecule has 0 saturated carbocycles. The van der Waals surface area contributed by atoms with E-state index in [9.17, 15) is 13.2 Å². The summed E-state index contributed by atoms with van der Waals surface area (Å²) in [5.74, 6) is 0.448. The van der Waals surface area contributed by atoms with Gasteiger partial charge in [0.15, 0.2) is 5.72 Å². The van der Waals surface area contributed by atoms with Crippen LogP contribution in [0.2, 0.25) is 0 Å². The maximum Gasteiger partial charge on any atom is 0.416 e. The Kier molecular flexibility index (Phi) is 2.38. The van der Waals surface area contributed by atoms with Gasteiger partial charge in [0.25, 0.3) is 0 Å². The van der Waals surface area contributed by atoms with Crippen molar-refractivity contribution >= 4 is 0 Å². The number of hydrogen-bond acceptors (Lipinski definition) is 2. The van der Waals surface area contributed by atoms with Crippen molar-refractivity contribution in [3.63, 3.8) is 0 Å². The van der Waals surface area contributed by atoms with E-state index in [1.54, 1.807) is 6.92 Å². The first-order valence-corrected chi connectivity index (χ1v) is 4.96. The third-order valence-electron chi connectivity index (χ3n) is 2.62. The SMILES string of the molecule is CC1(N)CCc2cc(C(F)(F)F)ccc2O1. The van der Waals surface area contributed by atoms with Gasteiger partial charge < -0.3 is 4.74 Å². The smallest absolute Gasteiger partial charge is 0.416 e. The Hall–Kier alpha value is -1.23. The van der Waals surface area contributed by atoms with Crippen LogP contribution in [0.3, 0.4) is 0 Å². The minimum absolute atomic E-state index is 0.448. The quantitative estimate of drug-likeness (QED) is 0.745. The highest BCUT2D eigenvalue weighted by molar-refractivity contribution is 5.40. The van der Waals surface area contributed by atoms with Gasteiger partial charge in [0.1, 0.15) is 5.75 Å².